The van der Waals surface area contributed by atoms with Crippen LogP contribution in [0.2, 0.25) is 0 Å². The van der Waals surface area contributed by atoms with Crippen molar-refractivity contribution in [3.05, 3.63) is 41.3 Å². The van der Waals surface area contributed by atoms with Gasteiger partial charge in [-0.1, -0.05) is 12.1 Å². The number of aryl methyl sites for hydroxylation is 3. The van der Waals surface area contributed by atoms with Crippen molar-refractivity contribution >= 4 is 27.4 Å². The third kappa shape index (κ3) is 2.50. The number of fused-ring (bicyclic) bond motifs is 1. The zero-order chi connectivity index (χ0) is 14.9. The number of para-hydroxylation sites is 2. The van der Waals surface area contributed by atoms with Crippen LogP contribution in [0.4, 0.5) is 5.00 Å². The van der Waals surface area contributed by atoms with E-state index in [4.69, 9.17) is 4.98 Å². The SMILES string of the molecule is Cc1nc(CC[n+]2c[nH]c3ccccc32)sc1N1CCCC1. The molecular formula is C17H21N4S+. The van der Waals surface area contributed by atoms with Crippen molar-refractivity contribution in [3.8, 4) is 0 Å². The number of aromatic amines is 1. The fourth-order valence-electron chi connectivity index (χ4n) is 3.23. The first-order chi connectivity index (χ1) is 10.8. The highest BCUT2D eigenvalue weighted by atomic mass is 32.1. The number of hydrogen-bond acceptors (Lipinski definition) is 3. The monoisotopic (exact) mass is 313 g/mol. The van der Waals surface area contributed by atoms with Gasteiger partial charge in [-0.15, -0.1) is 11.3 Å². The molecule has 5 heteroatoms. The van der Waals surface area contributed by atoms with Crippen molar-refractivity contribution < 1.29 is 4.57 Å². The molecule has 1 aromatic carbocycles. The number of thiazole rings is 1. The minimum Gasteiger partial charge on any atom is -0.362 e. The molecule has 1 saturated heterocycles. The van der Waals surface area contributed by atoms with Gasteiger partial charge in [-0.05, 0) is 31.9 Å². The zero-order valence-corrected chi connectivity index (χ0v) is 13.7. The van der Waals surface area contributed by atoms with Crippen molar-refractivity contribution in [1.82, 2.24) is 9.97 Å². The lowest BCUT2D eigenvalue weighted by Crippen LogP contribution is -2.32. The fraction of sp³-hybridized carbons (Fsp3) is 0.412. The van der Waals surface area contributed by atoms with Crippen LogP contribution >= 0.6 is 11.3 Å². The number of imidazole rings is 1. The lowest BCUT2D eigenvalue weighted by molar-refractivity contribution is -0.670. The predicted molar refractivity (Wildman–Crippen MR) is 90.5 cm³/mol. The van der Waals surface area contributed by atoms with E-state index in [9.17, 15) is 0 Å². The number of aromatic nitrogens is 3. The Bertz CT molecular complexity index is 783. The Morgan fingerprint density at radius 3 is 2.95 bits per heavy atom. The Labute approximate surface area is 134 Å². The van der Waals surface area contributed by atoms with Gasteiger partial charge in [0, 0.05) is 19.5 Å². The number of benzene rings is 1. The molecule has 0 unspecified atom stereocenters. The number of nitrogens with zero attached hydrogens (tertiary/aromatic N) is 3. The second-order valence-electron chi connectivity index (χ2n) is 5.93. The van der Waals surface area contributed by atoms with Gasteiger partial charge >= 0.3 is 0 Å². The number of hydrogen-bond donors (Lipinski definition) is 1. The van der Waals surface area contributed by atoms with Gasteiger partial charge in [0.15, 0.2) is 11.0 Å². The lowest BCUT2D eigenvalue weighted by Gasteiger charge is -2.14. The van der Waals surface area contributed by atoms with E-state index in [2.05, 4.69) is 52.0 Å². The van der Waals surface area contributed by atoms with E-state index in [0.717, 1.165) is 13.0 Å². The zero-order valence-electron chi connectivity index (χ0n) is 12.9. The summed E-state index contributed by atoms with van der Waals surface area (Å²) in [5.41, 5.74) is 3.65. The summed E-state index contributed by atoms with van der Waals surface area (Å²) in [5.74, 6) is 0. The molecule has 1 fully saturated rings. The van der Waals surface area contributed by atoms with Crippen molar-refractivity contribution in [2.24, 2.45) is 0 Å². The van der Waals surface area contributed by atoms with Gasteiger partial charge in [-0.25, -0.2) is 14.5 Å². The number of rotatable bonds is 4. The van der Waals surface area contributed by atoms with E-state index in [-0.39, 0.29) is 0 Å². The summed E-state index contributed by atoms with van der Waals surface area (Å²) >= 11 is 1.88. The van der Waals surface area contributed by atoms with Gasteiger partial charge in [0.2, 0.25) is 6.33 Å². The van der Waals surface area contributed by atoms with Crippen LogP contribution in [0, 0.1) is 6.92 Å². The van der Waals surface area contributed by atoms with E-state index in [1.165, 1.54) is 52.7 Å². The fourth-order valence-corrected chi connectivity index (χ4v) is 4.33. The highest BCUT2D eigenvalue weighted by Gasteiger charge is 2.18. The first-order valence-electron chi connectivity index (χ1n) is 7.98. The Balaban J connectivity index is 1.51. The molecule has 1 aliphatic rings. The summed E-state index contributed by atoms with van der Waals surface area (Å²) in [6.45, 7) is 5.50. The maximum absolute atomic E-state index is 4.79. The van der Waals surface area contributed by atoms with E-state index < -0.39 is 0 Å². The minimum absolute atomic E-state index is 0.969. The maximum atomic E-state index is 4.79. The Hall–Kier alpha value is -1.88. The number of H-pyrrole nitrogens is 1. The molecule has 2 aromatic heterocycles. The molecular weight excluding hydrogens is 292 g/mol. The average Bonchev–Trinajstić information content (AvgIpc) is 3.24. The summed E-state index contributed by atoms with van der Waals surface area (Å²) < 4.78 is 2.28. The van der Waals surface area contributed by atoms with Gasteiger partial charge in [-0.3, -0.25) is 0 Å². The Morgan fingerprint density at radius 2 is 2.09 bits per heavy atom. The highest BCUT2D eigenvalue weighted by molar-refractivity contribution is 7.15. The smallest absolute Gasteiger partial charge is 0.242 e. The van der Waals surface area contributed by atoms with E-state index in [0.29, 0.717) is 0 Å². The molecule has 3 aromatic rings. The normalized spacial score (nSPS) is 15.0. The molecule has 4 nitrogen and oxygen atoms in total. The predicted octanol–water partition coefficient (Wildman–Crippen LogP) is 3.06. The quantitative estimate of drug-likeness (QED) is 0.752. The molecule has 0 amide bonds. The summed E-state index contributed by atoms with van der Waals surface area (Å²) in [7, 11) is 0. The van der Waals surface area contributed by atoms with Crippen LogP contribution in [-0.4, -0.2) is 23.1 Å². The largest absolute Gasteiger partial charge is 0.362 e. The van der Waals surface area contributed by atoms with Gasteiger partial charge in [0.25, 0.3) is 0 Å². The third-order valence-corrected chi connectivity index (χ3v) is 5.64. The van der Waals surface area contributed by atoms with Gasteiger partial charge < -0.3 is 4.90 Å². The average molecular weight is 313 g/mol. The van der Waals surface area contributed by atoms with Crippen LogP contribution in [0.1, 0.15) is 23.5 Å². The van der Waals surface area contributed by atoms with Crippen molar-refractivity contribution in [2.75, 3.05) is 18.0 Å². The Kier molecular flexibility index (Phi) is 3.58. The topological polar surface area (TPSA) is 35.8 Å². The third-order valence-electron chi connectivity index (χ3n) is 4.37. The second-order valence-corrected chi connectivity index (χ2v) is 6.99. The molecule has 0 atom stereocenters. The first-order valence-corrected chi connectivity index (χ1v) is 8.80. The molecule has 0 spiro atoms. The first kappa shape index (κ1) is 13.8. The molecule has 0 radical (unpaired) electrons. The summed E-state index contributed by atoms with van der Waals surface area (Å²) in [6, 6.07) is 8.43. The van der Waals surface area contributed by atoms with Crippen LogP contribution in [0.5, 0.6) is 0 Å². The van der Waals surface area contributed by atoms with Crippen LogP contribution in [-0.2, 0) is 13.0 Å². The minimum atomic E-state index is 0.969. The molecule has 1 N–H and O–H groups in total. The Morgan fingerprint density at radius 1 is 1.27 bits per heavy atom. The van der Waals surface area contributed by atoms with Gasteiger partial charge in [0.1, 0.15) is 5.00 Å². The standard InChI is InChI=1S/C17H20N4S/c1-13-17(20-9-4-5-10-20)22-16(19-13)8-11-21-12-18-14-6-2-3-7-15(14)21/h2-3,6-7,12H,4-5,8-11H2,1H3/p+1. The number of anilines is 1. The summed E-state index contributed by atoms with van der Waals surface area (Å²) in [5, 5.41) is 2.63. The molecule has 1 aliphatic heterocycles. The molecule has 0 saturated carbocycles. The highest BCUT2D eigenvalue weighted by Crippen LogP contribution is 2.31. The van der Waals surface area contributed by atoms with Crippen LogP contribution in [0.25, 0.3) is 11.0 Å². The van der Waals surface area contributed by atoms with Gasteiger partial charge in [0.05, 0.1) is 17.2 Å². The van der Waals surface area contributed by atoms with Crippen molar-refractivity contribution in [3.63, 3.8) is 0 Å². The van der Waals surface area contributed by atoms with E-state index >= 15 is 0 Å². The van der Waals surface area contributed by atoms with Gasteiger partial charge in [-0.2, -0.15) is 0 Å². The number of nitrogens with one attached hydrogen (secondary N) is 1. The molecule has 114 valence electrons. The summed E-state index contributed by atoms with van der Waals surface area (Å²) in [4.78, 5) is 10.6. The van der Waals surface area contributed by atoms with Crippen LogP contribution in [0.3, 0.4) is 0 Å². The molecule has 4 rings (SSSR count). The van der Waals surface area contributed by atoms with E-state index in [1.807, 2.05) is 11.3 Å². The second kappa shape index (κ2) is 5.72. The van der Waals surface area contributed by atoms with Crippen molar-refractivity contribution in [2.45, 2.75) is 32.7 Å². The molecule has 22 heavy (non-hydrogen) atoms. The molecule has 0 bridgehead atoms. The van der Waals surface area contributed by atoms with Crippen LogP contribution < -0.4 is 9.47 Å². The van der Waals surface area contributed by atoms with Crippen molar-refractivity contribution in [1.29, 1.82) is 0 Å². The summed E-state index contributed by atoms with van der Waals surface area (Å²) in [6.07, 6.45) is 5.69. The lowest BCUT2D eigenvalue weighted by atomic mass is 10.3. The van der Waals surface area contributed by atoms with Crippen LogP contribution in [0.15, 0.2) is 30.6 Å². The maximum Gasteiger partial charge on any atom is 0.242 e. The molecule has 3 heterocycles. The molecule has 0 aliphatic carbocycles. The van der Waals surface area contributed by atoms with E-state index in [1.54, 1.807) is 0 Å².